The van der Waals surface area contributed by atoms with E-state index in [1.165, 1.54) is 55.8 Å². The first-order chi connectivity index (χ1) is 15.0. The number of methoxy groups -OCH3 is 2. The van der Waals surface area contributed by atoms with Crippen LogP contribution in [0.4, 0.5) is 5.69 Å². The molecular formula is C19H23N3O8S2. The zero-order chi connectivity index (χ0) is 23.7. The molecule has 32 heavy (non-hydrogen) atoms. The number of benzene rings is 2. The van der Waals surface area contributed by atoms with Crippen molar-refractivity contribution in [1.29, 1.82) is 0 Å². The van der Waals surface area contributed by atoms with Crippen molar-refractivity contribution in [3.63, 3.8) is 0 Å². The summed E-state index contributed by atoms with van der Waals surface area (Å²) in [5, 5.41) is 11.2. The second-order valence-corrected chi connectivity index (χ2v) is 10.8. The maximum atomic E-state index is 13.2. The smallest absolute Gasteiger partial charge is 0.273 e. The van der Waals surface area contributed by atoms with E-state index in [1.54, 1.807) is 6.07 Å². The van der Waals surface area contributed by atoms with Crippen LogP contribution in [0.2, 0.25) is 0 Å². The molecule has 0 N–H and O–H groups in total. The first-order valence-electron chi connectivity index (χ1n) is 9.50. The van der Waals surface area contributed by atoms with Crippen LogP contribution in [0.1, 0.15) is 5.56 Å². The molecule has 3 rings (SSSR count). The number of hydrogen-bond acceptors (Lipinski definition) is 8. The highest BCUT2D eigenvalue weighted by Crippen LogP contribution is 2.32. The SMILES string of the molecule is COc1ccc(OC)c(S(=O)(=O)N2CCN(S(=O)(=O)c3cccc([N+](=O)[O-])c3C)CC2)c1. The number of hydrogen-bond donors (Lipinski definition) is 0. The zero-order valence-electron chi connectivity index (χ0n) is 17.7. The Hall–Kier alpha value is -2.74. The highest BCUT2D eigenvalue weighted by atomic mass is 32.2. The normalized spacial score (nSPS) is 16.0. The molecule has 0 amide bonds. The molecule has 2 aromatic rings. The Labute approximate surface area is 186 Å². The summed E-state index contributed by atoms with van der Waals surface area (Å²) >= 11 is 0. The van der Waals surface area contributed by atoms with E-state index >= 15 is 0 Å². The molecule has 1 saturated heterocycles. The molecule has 0 atom stereocenters. The van der Waals surface area contributed by atoms with Gasteiger partial charge in [-0.15, -0.1) is 0 Å². The van der Waals surface area contributed by atoms with Gasteiger partial charge in [0.15, 0.2) is 0 Å². The van der Waals surface area contributed by atoms with Gasteiger partial charge in [0.05, 0.1) is 24.0 Å². The largest absolute Gasteiger partial charge is 0.497 e. The van der Waals surface area contributed by atoms with Crippen LogP contribution in [0.25, 0.3) is 0 Å². The Balaban J connectivity index is 1.85. The van der Waals surface area contributed by atoms with Crippen LogP contribution in [0.15, 0.2) is 46.2 Å². The molecule has 0 radical (unpaired) electrons. The summed E-state index contributed by atoms with van der Waals surface area (Å²) < 4.78 is 65.1. The topological polar surface area (TPSA) is 136 Å². The van der Waals surface area contributed by atoms with E-state index in [1.807, 2.05) is 0 Å². The number of ether oxygens (including phenoxy) is 2. The van der Waals surface area contributed by atoms with Gasteiger partial charge in [0.2, 0.25) is 20.0 Å². The molecule has 0 saturated carbocycles. The van der Waals surface area contributed by atoms with Crippen LogP contribution in [-0.2, 0) is 20.0 Å². The van der Waals surface area contributed by atoms with Gasteiger partial charge in [0.1, 0.15) is 16.4 Å². The van der Waals surface area contributed by atoms with Crippen molar-refractivity contribution >= 4 is 25.7 Å². The molecule has 13 heteroatoms. The Kier molecular flexibility index (Phi) is 6.74. The van der Waals surface area contributed by atoms with Gasteiger partial charge in [-0.3, -0.25) is 10.1 Å². The highest BCUT2D eigenvalue weighted by molar-refractivity contribution is 7.89. The van der Waals surface area contributed by atoms with Crippen LogP contribution in [-0.4, -0.2) is 70.8 Å². The summed E-state index contributed by atoms with van der Waals surface area (Å²) in [6, 6.07) is 8.26. The average Bonchev–Trinajstić information content (AvgIpc) is 2.78. The lowest BCUT2D eigenvalue weighted by Gasteiger charge is -2.33. The summed E-state index contributed by atoms with van der Waals surface area (Å²) in [7, 11) is -5.25. The van der Waals surface area contributed by atoms with Gasteiger partial charge < -0.3 is 9.47 Å². The third kappa shape index (κ3) is 4.28. The van der Waals surface area contributed by atoms with Crippen molar-refractivity contribution in [2.75, 3.05) is 40.4 Å². The number of nitro groups is 1. The van der Waals surface area contributed by atoms with E-state index in [0.717, 1.165) is 4.31 Å². The number of piperazine rings is 1. The van der Waals surface area contributed by atoms with Gasteiger partial charge in [-0.1, -0.05) is 6.07 Å². The van der Waals surface area contributed by atoms with Gasteiger partial charge in [0, 0.05) is 43.9 Å². The van der Waals surface area contributed by atoms with E-state index in [-0.39, 0.29) is 53.0 Å². The lowest BCUT2D eigenvalue weighted by molar-refractivity contribution is -0.385. The summed E-state index contributed by atoms with van der Waals surface area (Å²) in [5.41, 5.74) is -0.258. The first kappa shape index (κ1) is 23.9. The third-order valence-corrected chi connectivity index (χ3v) is 9.22. The lowest BCUT2D eigenvalue weighted by atomic mass is 10.2. The molecule has 0 spiro atoms. The molecule has 2 aromatic carbocycles. The Morgan fingerprint density at radius 1 is 0.875 bits per heavy atom. The van der Waals surface area contributed by atoms with Crippen LogP contribution in [0.5, 0.6) is 11.5 Å². The second kappa shape index (κ2) is 9.02. The average molecular weight is 486 g/mol. The zero-order valence-corrected chi connectivity index (χ0v) is 19.3. The van der Waals surface area contributed by atoms with Crippen molar-refractivity contribution in [3.05, 3.63) is 52.1 Å². The van der Waals surface area contributed by atoms with Crippen molar-refractivity contribution in [2.45, 2.75) is 16.7 Å². The molecule has 0 bridgehead atoms. The summed E-state index contributed by atoms with van der Waals surface area (Å²) in [6.07, 6.45) is 0. The fraction of sp³-hybridized carbons (Fsp3) is 0.368. The van der Waals surface area contributed by atoms with Crippen LogP contribution in [0.3, 0.4) is 0 Å². The first-order valence-corrected chi connectivity index (χ1v) is 12.4. The van der Waals surface area contributed by atoms with Crippen LogP contribution >= 0.6 is 0 Å². The predicted molar refractivity (Wildman–Crippen MR) is 115 cm³/mol. The van der Waals surface area contributed by atoms with Crippen molar-refractivity contribution in [3.8, 4) is 11.5 Å². The molecule has 0 aromatic heterocycles. The molecule has 1 fully saturated rings. The van der Waals surface area contributed by atoms with Crippen LogP contribution < -0.4 is 9.47 Å². The van der Waals surface area contributed by atoms with E-state index in [4.69, 9.17) is 9.47 Å². The third-order valence-electron chi connectivity index (χ3n) is 5.26. The van der Waals surface area contributed by atoms with Gasteiger partial charge in [-0.2, -0.15) is 8.61 Å². The Morgan fingerprint density at radius 2 is 1.44 bits per heavy atom. The molecule has 0 unspecified atom stereocenters. The molecule has 0 aliphatic carbocycles. The van der Waals surface area contributed by atoms with E-state index in [2.05, 4.69) is 0 Å². The Morgan fingerprint density at radius 3 is 1.94 bits per heavy atom. The van der Waals surface area contributed by atoms with Gasteiger partial charge in [0.25, 0.3) is 5.69 Å². The summed E-state index contributed by atoms with van der Waals surface area (Å²) in [6.45, 7) is 0.999. The summed E-state index contributed by atoms with van der Waals surface area (Å²) in [4.78, 5) is 10.3. The molecule has 1 aliphatic heterocycles. The van der Waals surface area contributed by atoms with Crippen LogP contribution in [0, 0.1) is 17.0 Å². The molecule has 174 valence electrons. The van der Waals surface area contributed by atoms with Gasteiger partial charge in [-0.05, 0) is 25.1 Å². The predicted octanol–water partition coefficient (Wildman–Crippen LogP) is 1.62. The standard InChI is InChI=1S/C19H23N3O8S2/c1-14-16(22(23)24)5-4-6-18(14)31(25,26)20-9-11-21(12-10-20)32(27,28)19-13-15(29-2)7-8-17(19)30-3/h4-8,13H,9-12H2,1-3H3. The molecular weight excluding hydrogens is 462 g/mol. The van der Waals surface area contributed by atoms with Gasteiger partial charge in [-0.25, -0.2) is 16.8 Å². The van der Waals surface area contributed by atoms with E-state index in [0.29, 0.717) is 5.75 Å². The maximum absolute atomic E-state index is 13.2. The fourth-order valence-electron chi connectivity index (χ4n) is 3.49. The maximum Gasteiger partial charge on any atom is 0.273 e. The van der Waals surface area contributed by atoms with E-state index in [9.17, 15) is 26.9 Å². The second-order valence-electron chi connectivity index (χ2n) is 6.98. The summed E-state index contributed by atoms with van der Waals surface area (Å²) in [5.74, 6) is 0.486. The number of nitro benzene ring substituents is 1. The number of nitrogens with zero attached hydrogens (tertiary/aromatic N) is 3. The monoisotopic (exact) mass is 485 g/mol. The van der Waals surface area contributed by atoms with Gasteiger partial charge >= 0.3 is 0 Å². The molecule has 11 nitrogen and oxygen atoms in total. The van der Waals surface area contributed by atoms with Crippen molar-refractivity contribution in [1.82, 2.24) is 8.61 Å². The minimum atomic E-state index is -4.04. The quantitative estimate of drug-likeness (QED) is 0.426. The minimum Gasteiger partial charge on any atom is -0.497 e. The number of sulfonamides is 2. The molecule has 1 heterocycles. The number of rotatable bonds is 7. The van der Waals surface area contributed by atoms with Crippen molar-refractivity contribution in [2.24, 2.45) is 0 Å². The van der Waals surface area contributed by atoms with Crippen molar-refractivity contribution < 1.29 is 31.2 Å². The lowest BCUT2D eigenvalue weighted by Crippen LogP contribution is -2.50. The highest BCUT2D eigenvalue weighted by Gasteiger charge is 2.36. The Bertz CT molecular complexity index is 1240. The fourth-order valence-corrected chi connectivity index (χ4v) is 6.75. The molecule has 1 aliphatic rings. The van der Waals surface area contributed by atoms with E-state index < -0.39 is 25.0 Å². The minimum absolute atomic E-state index is 0.0358.